The van der Waals surface area contributed by atoms with Gasteiger partial charge in [0.05, 0.1) is 0 Å². The summed E-state index contributed by atoms with van der Waals surface area (Å²) < 4.78 is 2.63. The minimum atomic E-state index is -0.608. The third-order valence-corrected chi connectivity index (χ3v) is 2.39. The molecule has 0 atom stereocenters. The minimum absolute atomic E-state index is 0. The van der Waals surface area contributed by atoms with E-state index in [1.807, 2.05) is 77.9 Å². The summed E-state index contributed by atoms with van der Waals surface area (Å²) in [5.74, 6) is 0. The first kappa shape index (κ1) is 50.7. The van der Waals surface area contributed by atoms with Gasteiger partial charge in [-0.15, -0.1) is 0 Å². The molecule has 0 fully saturated rings. The van der Waals surface area contributed by atoms with Crippen LogP contribution in [0, 0.1) is 29.7 Å². The van der Waals surface area contributed by atoms with E-state index in [2.05, 4.69) is 0 Å². The molecule has 29 heavy (non-hydrogen) atoms. The predicted molar refractivity (Wildman–Crippen MR) is 128 cm³/mol. The maximum absolute atomic E-state index is 11.1. The smallest absolute Gasteiger partial charge is 0.335 e. The molecule has 0 aliphatic carbocycles. The summed E-state index contributed by atoms with van der Waals surface area (Å²) in [7, 11) is 3.97. The third-order valence-electron chi connectivity index (χ3n) is 2.39. The summed E-state index contributed by atoms with van der Waals surface area (Å²) in [5, 5.41) is 0. The fourth-order valence-electron chi connectivity index (χ4n) is 1.31. The molecule has 6 nitrogen and oxygen atoms in total. The van der Waals surface area contributed by atoms with Crippen molar-refractivity contribution in [2.24, 2.45) is 21.1 Å². The van der Waals surface area contributed by atoms with Crippen molar-refractivity contribution in [1.82, 2.24) is 13.7 Å². The Bertz CT molecular complexity index is 563. The van der Waals surface area contributed by atoms with Crippen LogP contribution in [0.1, 0.15) is 41.5 Å². The molecule has 1 aromatic heterocycles. The first-order valence-electron chi connectivity index (χ1n) is 8.30. The van der Waals surface area contributed by atoms with E-state index in [1.54, 1.807) is 0 Å². The summed E-state index contributed by atoms with van der Waals surface area (Å²) in [6.45, 7) is 12.0. The zero-order valence-corrected chi connectivity index (χ0v) is 23.9. The van der Waals surface area contributed by atoms with Gasteiger partial charge < -0.3 is 29.7 Å². The van der Waals surface area contributed by atoms with E-state index in [4.69, 9.17) is 0 Å². The van der Waals surface area contributed by atoms with Crippen molar-refractivity contribution < 1.29 is 21.1 Å². The molecule has 2 rings (SSSR count). The second-order valence-electron chi connectivity index (χ2n) is 3.68. The molecule has 176 valence electrons. The molecule has 1 aromatic carbocycles. The van der Waals surface area contributed by atoms with Crippen molar-refractivity contribution in [3.63, 3.8) is 0 Å². The molecule has 7 heteroatoms. The maximum atomic E-state index is 11.1. The zero-order chi connectivity index (χ0) is 19.7. The summed E-state index contributed by atoms with van der Waals surface area (Å²) in [6, 6.07) is 12.0. The van der Waals surface area contributed by atoms with Crippen LogP contribution in [-0.4, -0.2) is 13.7 Å². The van der Waals surface area contributed by atoms with Gasteiger partial charge in [0.25, 0.3) is 0 Å². The van der Waals surface area contributed by atoms with Crippen LogP contribution >= 0.6 is 0 Å². The standard InChI is InChI=1S/C6H9N3O3.C6H6.3C2H6.4CH3.W/c1-7-4(10)8(2)6(12)9(3)5(7)11;1-2-4-6-5-3-1;3*1-2;;;;;/h1-3H3;1-6H;3*1-2H3;4*1H3;/q;;;;;4*-1;. The molecule has 0 unspecified atom stereocenters. The van der Waals surface area contributed by atoms with Crippen LogP contribution in [-0.2, 0) is 42.2 Å². The molecule has 0 aliphatic heterocycles. The fraction of sp³-hybridized carbons (Fsp3) is 0.409. The van der Waals surface area contributed by atoms with E-state index < -0.39 is 17.1 Å². The van der Waals surface area contributed by atoms with Crippen molar-refractivity contribution in [2.45, 2.75) is 41.5 Å². The van der Waals surface area contributed by atoms with Crippen LogP contribution in [0.25, 0.3) is 0 Å². The summed E-state index contributed by atoms with van der Waals surface area (Å²) in [5.41, 5.74) is -1.82. The molecule has 1 heterocycles. The number of benzene rings is 1. The van der Waals surface area contributed by atoms with Gasteiger partial charge >= 0.3 is 17.1 Å². The van der Waals surface area contributed by atoms with Gasteiger partial charge in [-0.2, -0.15) is 0 Å². The van der Waals surface area contributed by atoms with E-state index in [0.29, 0.717) is 0 Å². The molecule has 0 amide bonds. The molecule has 0 bridgehead atoms. The van der Waals surface area contributed by atoms with Crippen molar-refractivity contribution in [3.8, 4) is 0 Å². The third kappa shape index (κ3) is 19.4. The minimum Gasteiger partial charge on any atom is -0.358 e. The Morgan fingerprint density at radius 2 is 0.552 bits per heavy atom. The molecule has 0 radical (unpaired) electrons. The first-order chi connectivity index (χ1) is 11.5. The SMILES string of the molecule is CC.CC.CC.Cn1c(=O)n(C)c(=O)n(C)c1=O.[CH3-].[CH3-].[CH3-].[CH3-].[W].c1ccccc1. The number of hydrogen-bond acceptors (Lipinski definition) is 3. The van der Waals surface area contributed by atoms with E-state index in [1.165, 1.54) is 21.1 Å². The van der Waals surface area contributed by atoms with Crippen LogP contribution < -0.4 is 17.1 Å². The Kier molecular flexibility index (Phi) is 59.2. The normalized spacial score (nSPS) is 6.52. The largest absolute Gasteiger partial charge is 0.358 e. The monoisotopic (exact) mass is 583 g/mol. The van der Waals surface area contributed by atoms with Crippen molar-refractivity contribution in [2.75, 3.05) is 0 Å². The van der Waals surface area contributed by atoms with Crippen LogP contribution in [0.5, 0.6) is 0 Å². The van der Waals surface area contributed by atoms with Crippen molar-refractivity contribution in [1.29, 1.82) is 0 Å². The van der Waals surface area contributed by atoms with Gasteiger partial charge in [-0.3, -0.25) is 0 Å². The predicted octanol–water partition coefficient (Wildman–Crippen LogP) is 4.35. The quantitative estimate of drug-likeness (QED) is 0.434. The second-order valence-corrected chi connectivity index (χ2v) is 3.68. The zero-order valence-electron chi connectivity index (χ0n) is 20.9. The van der Waals surface area contributed by atoms with Crippen LogP contribution in [0.3, 0.4) is 0 Å². The number of rotatable bonds is 0. The van der Waals surface area contributed by atoms with Gasteiger partial charge in [0.1, 0.15) is 0 Å². The Balaban J connectivity index is -0.0000000377. The molecule has 0 spiro atoms. The topological polar surface area (TPSA) is 66.0 Å². The molecule has 0 N–H and O–H groups in total. The molecular weight excluding hydrogens is 538 g/mol. The Morgan fingerprint density at radius 3 is 0.655 bits per heavy atom. The van der Waals surface area contributed by atoms with Gasteiger partial charge in [0, 0.05) is 42.2 Å². The van der Waals surface area contributed by atoms with Crippen molar-refractivity contribution in [3.05, 3.63) is 97.6 Å². The van der Waals surface area contributed by atoms with Gasteiger partial charge in [0.2, 0.25) is 0 Å². The molecular formula is C22H45N3O3W-4. The summed E-state index contributed by atoms with van der Waals surface area (Å²) >= 11 is 0. The average Bonchev–Trinajstić information content (AvgIpc) is 2.70. The van der Waals surface area contributed by atoms with Crippen LogP contribution in [0.4, 0.5) is 0 Å². The van der Waals surface area contributed by atoms with Gasteiger partial charge in [-0.25, -0.2) is 28.1 Å². The number of nitrogens with zero attached hydrogens (tertiary/aromatic N) is 3. The van der Waals surface area contributed by atoms with E-state index >= 15 is 0 Å². The van der Waals surface area contributed by atoms with Gasteiger partial charge in [-0.1, -0.05) is 77.9 Å². The molecule has 0 saturated heterocycles. The Hall–Kier alpha value is -1.68. The van der Waals surface area contributed by atoms with Crippen LogP contribution in [0.15, 0.2) is 50.8 Å². The molecule has 0 aliphatic rings. The summed E-state index contributed by atoms with van der Waals surface area (Å²) in [4.78, 5) is 33.2. The molecule has 0 saturated carbocycles. The fourth-order valence-corrected chi connectivity index (χ4v) is 1.31. The van der Waals surface area contributed by atoms with Gasteiger partial charge in [-0.05, 0) is 0 Å². The first-order valence-corrected chi connectivity index (χ1v) is 8.30. The summed E-state index contributed by atoms with van der Waals surface area (Å²) in [6.07, 6.45) is 0. The maximum Gasteiger partial charge on any atom is 0.335 e. The van der Waals surface area contributed by atoms with Crippen LogP contribution in [0.2, 0.25) is 0 Å². The van der Waals surface area contributed by atoms with E-state index in [-0.39, 0.29) is 50.8 Å². The van der Waals surface area contributed by atoms with E-state index in [0.717, 1.165) is 13.7 Å². The van der Waals surface area contributed by atoms with E-state index in [9.17, 15) is 14.4 Å². The van der Waals surface area contributed by atoms with Crippen molar-refractivity contribution >= 4 is 0 Å². The average molecular weight is 583 g/mol. The number of aromatic nitrogens is 3. The van der Waals surface area contributed by atoms with Gasteiger partial charge in [0.15, 0.2) is 0 Å². The second kappa shape index (κ2) is 33.9. The number of hydrogen-bond donors (Lipinski definition) is 0. The molecule has 2 aromatic rings. The Labute approximate surface area is 194 Å². The Morgan fingerprint density at radius 1 is 0.448 bits per heavy atom.